The number of rotatable bonds is 7. The molecule has 2 aromatic carbocycles. The summed E-state index contributed by atoms with van der Waals surface area (Å²) in [5.74, 6) is -1.13. The summed E-state index contributed by atoms with van der Waals surface area (Å²) in [5, 5.41) is 11.4. The largest absolute Gasteiger partial charge is 0.449 e. The fraction of sp³-hybridized carbons (Fsp3) is 0.391. The molecule has 8 heteroatoms. The van der Waals surface area contributed by atoms with Crippen LogP contribution in [0.5, 0.6) is 0 Å². The average Bonchev–Trinajstić information content (AvgIpc) is 2.70. The number of anilines is 1. The maximum atomic E-state index is 13.1. The number of carbonyl (C=O) groups is 2. The molecule has 0 unspecified atom stereocenters. The van der Waals surface area contributed by atoms with Crippen LogP contribution in [0.15, 0.2) is 48.5 Å². The zero-order chi connectivity index (χ0) is 23.3. The van der Waals surface area contributed by atoms with E-state index < -0.39 is 22.5 Å². The minimum absolute atomic E-state index is 0.0160. The number of nitro benzene ring substituents is 1. The highest BCUT2D eigenvalue weighted by Gasteiger charge is 2.32. The molecule has 0 radical (unpaired) electrons. The number of carbonyl (C=O) groups excluding carboxylic acids is 2. The van der Waals surface area contributed by atoms with E-state index in [4.69, 9.17) is 4.74 Å². The molecule has 0 spiro atoms. The van der Waals surface area contributed by atoms with Gasteiger partial charge in [0.05, 0.1) is 10.5 Å². The number of hydrogen-bond acceptors (Lipinski definition) is 6. The van der Waals surface area contributed by atoms with Crippen LogP contribution >= 0.6 is 0 Å². The van der Waals surface area contributed by atoms with E-state index in [2.05, 4.69) is 0 Å². The van der Waals surface area contributed by atoms with Crippen molar-refractivity contribution in [3.05, 3.63) is 69.8 Å². The van der Waals surface area contributed by atoms with Gasteiger partial charge in [-0.2, -0.15) is 0 Å². The molecule has 0 saturated heterocycles. The van der Waals surface area contributed by atoms with Gasteiger partial charge in [-0.05, 0) is 45.4 Å². The SMILES string of the molecule is C[C@@H](OC(=O)c1ccc(N(C)C)c([N+](=O)[O-])c1)C(=O)N(Cc1ccccc1)C(C)(C)C. The lowest BCUT2D eigenvalue weighted by molar-refractivity contribution is -0.384. The van der Waals surface area contributed by atoms with Gasteiger partial charge in [0.2, 0.25) is 0 Å². The molecule has 0 aromatic heterocycles. The Morgan fingerprint density at radius 2 is 1.71 bits per heavy atom. The zero-order valence-corrected chi connectivity index (χ0v) is 18.8. The van der Waals surface area contributed by atoms with E-state index in [9.17, 15) is 19.7 Å². The molecule has 0 heterocycles. The highest BCUT2D eigenvalue weighted by molar-refractivity contribution is 5.93. The first kappa shape index (κ1) is 23.9. The van der Waals surface area contributed by atoms with E-state index >= 15 is 0 Å². The Bertz CT molecular complexity index is 951. The number of esters is 1. The predicted molar refractivity (Wildman–Crippen MR) is 119 cm³/mol. The molecule has 0 saturated carbocycles. The minimum Gasteiger partial charge on any atom is -0.449 e. The van der Waals surface area contributed by atoms with Crippen molar-refractivity contribution >= 4 is 23.3 Å². The summed E-state index contributed by atoms with van der Waals surface area (Å²) >= 11 is 0. The molecule has 0 aliphatic carbocycles. The van der Waals surface area contributed by atoms with Gasteiger partial charge in [0, 0.05) is 32.2 Å². The Balaban J connectivity index is 2.21. The number of nitrogens with zero attached hydrogens (tertiary/aromatic N) is 3. The van der Waals surface area contributed by atoms with E-state index in [1.54, 1.807) is 23.9 Å². The lowest BCUT2D eigenvalue weighted by atomic mass is 10.0. The normalized spacial score (nSPS) is 12.1. The number of hydrogen-bond donors (Lipinski definition) is 0. The van der Waals surface area contributed by atoms with Crippen LogP contribution in [0.4, 0.5) is 11.4 Å². The Morgan fingerprint density at radius 1 is 1.10 bits per heavy atom. The smallest absolute Gasteiger partial charge is 0.339 e. The van der Waals surface area contributed by atoms with Crippen molar-refractivity contribution in [2.45, 2.75) is 45.9 Å². The summed E-state index contributed by atoms with van der Waals surface area (Å²) < 4.78 is 5.38. The van der Waals surface area contributed by atoms with Crippen LogP contribution in [-0.4, -0.2) is 47.4 Å². The molecule has 0 fully saturated rings. The van der Waals surface area contributed by atoms with E-state index in [-0.39, 0.29) is 17.2 Å². The van der Waals surface area contributed by atoms with Gasteiger partial charge in [-0.3, -0.25) is 14.9 Å². The van der Waals surface area contributed by atoms with Gasteiger partial charge in [0.15, 0.2) is 6.10 Å². The van der Waals surface area contributed by atoms with Crippen molar-refractivity contribution in [2.24, 2.45) is 0 Å². The maximum absolute atomic E-state index is 13.1. The quantitative estimate of drug-likeness (QED) is 0.376. The van der Waals surface area contributed by atoms with Gasteiger partial charge < -0.3 is 14.5 Å². The highest BCUT2D eigenvalue weighted by Crippen LogP contribution is 2.28. The van der Waals surface area contributed by atoms with Crippen LogP contribution in [0.2, 0.25) is 0 Å². The third-order valence-corrected chi connectivity index (χ3v) is 4.78. The molecule has 31 heavy (non-hydrogen) atoms. The van der Waals surface area contributed by atoms with Crippen LogP contribution in [0, 0.1) is 10.1 Å². The van der Waals surface area contributed by atoms with Crippen molar-refractivity contribution < 1.29 is 19.2 Å². The maximum Gasteiger partial charge on any atom is 0.339 e. The fourth-order valence-corrected chi connectivity index (χ4v) is 3.08. The lowest BCUT2D eigenvalue weighted by Gasteiger charge is -2.37. The Morgan fingerprint density at radius 3 is 2.23 bits per heavy atom. The summed E-state index contributed by atoms with van der Waals surface area (Å²) in [5.41, 5.74) is 0.632. The van der Waals surface area contributed by atoms with E-state index in [1.165, 1.54) is 25.1 Å². The predicted octanol–water partition coefficient (Wildman–Crippen LogP) is 4.03. The van der Waals surface area contributed by atoms with Gasteiger partial charge in [-0.25, -0.2) is 4.79 Å². The summed E-state index contributed by atoms with van der Waals surface area (Å²) in [6, 6.07) is 13.6. The first-order chi connectivity index (χ1) is 14.4. The zero-order valence-electron chi connectivity index (χ0n) is 18.8. The van der Waals surface area contributed by atoms with Crippen molar-refractivity contribution in [3.8, 4) is 0 Å². The second kappa shape index (κ2) is 9.59. The summed E-state index contributed by atoms with van der Waals surface area (Å²) in [6.45, 7) is 7.60. The second-order valence-corrected chi connectivity index (χ2v) is 8.48. The minimum atomic E-state index is -1.05. The van der Waals surface area contributed by atoms with Gasteiger partial charge in [0.25, 0.3) is 11.6 Å². The highest BCUT2D eigenvalue weighted by atomic mass is 16.6. The Labute approximate surface area is 182 Å². The number of nitro groups is 1. The Kier molecular flexibility index (Phi) is 7.38. The van der Waals surface area contributed by atoms with E-state index in [0.29, 0.717) is 12.2 Å². The molecule has 2 rings (SSSR count). The third kappa shape index (κ3) is 6.04. The standard InChI is InChI=1S/C23H29N3O5/c1-16(21(27)25(23(2,3)4)15-17-10-8-7-9-11-17)31-22(28)18-12-13-19(24(5)6)20(14-18)26(29)30/h7-14,16H,15H2,1-6H3/t16-/m1/s1. The van der Waals surface area contributed by atoms with Crippen molar-refractivity contribution in [1.82, 2.24) is 4.90 Å². The van der Waals surface area contributed by atoms with Crippen molar-refractivity contribution in [3.63, 3.8) is 0 Å². The molecule has 0 N–H and O–H groups in total. The monoisotopic (exact) mass is 427 g/mol. The number of ether oxygens (including phenoxy) is 1. The number of amides is 1. The molecule has 0 aliphatic rings. The first-order valence-electron chi connectivity index (χ1n) is 9.94. The van der Waals surface area contributed by atoms with E-state index in [1.807, 2.05) is 51.1 Å². The van der Waals surface area contributed by atoms with Gasteiger partial charge in [-0.15, -0.1) is 0 Å². The summed E-state index contributed by atoms with van der Waals surface area (Å²) in [6.07, 6.45) is -1.05. The molecule has 8 nitrogen and oxygen atoms in total. The molecular formula is C23H29N3O5. The van der Waals surface area contributed by atoms with Crippen LogP contribution < -0.4 is 4.90 Å². The first-order valence-corrected chi connectivity index (χ1v) is 9.94. The lowest BCUT2D eigenvalue weighted by Crippen LogP contribution is -2.49. The molecule has 0 aliphatic heterocycles. The molecule has 1 atom stereocenters. The third-order valence-electron chi connectivity index (χ3n) is 4.78. The second-order valence-electron chi connectivity index (χ2n) is 8.48. The van der Waals surface area contributed by atoms with E-state index in [0.717, 1.165) is 5.56 Å². The van der Waals surface area contributed by atoms with Crippen LogP contribution in [0.1, 0.15) is 43.6 Å². The molecule has 1 amide bonds. The molecule has 166 valence electrons. The fourth-order valence-electron chi connectivity index (χ4n) is 3.08. The van der Waals surface area contributed by atoms with Crippen LogP contribution in [-0.2, 0) is 16.1 Å². The van der Waals surface area contributed by atoms with Crippen LogP contribution in [0.3, 0.4) is 0 Å². The van der Waals surface area contributed by atoms with Gasteiger partial charge in [0.1, 0.15) is 5.69 Å². The topological polar surface area (TPSA) is 93.0 Å². The molecular weight excluding hydrogens is 398 g/mol. The molecule has 0 bridgehead atoms. The van der Waals surface area contributed by atoms with Gasteiger partial charge >= 0.3 is 5.97 Å². The average molecular weight is 428 g/mol. The van der Waals surface area contributed by atoms with Crippen LogP contribution in [0.25, 0.3) is 0 Å². The van der Waals surface area contributed by atoms with Crippen molar-refractivity contribution in [1.29, 1.82) is 0 Å². The van der Waals surface area contributed by atoms with Gasteiger partial charge in [-0.1, -0.05) is 30.3 Å². The number of benzene rings is 2. The molecule has 2 aromatic rings. The van der Waals surface area contributed by atoms with Crippen molar-refractivity contribution in [2.75, 3.05) is 19.0 Å². The summed E-state index contributed by atoms with van der Waals surface area (Å²) in [4.78, 5) is 39.8. The summed E-state index contributed by atoms with van der Waals surface area (Å²) in [7, 11) is 3.35. The Hall–Kier alpha value is -3.42.